The molecule has 0 saturated carbocycles. The Kier molecular flexibility index (Phi) is 5.81. The maximum absolute atomic E-state index is 11.6. The Morgan fingerprint density at radius 3 is 3.00 bits per heavy atom. The van der Waals surface area contributed by atoms with Gasteiger partial charge in [-0.05, 0) is 12.1 Å². The normalized spacial score (nSPS) is 12.0. The van der Waals surface area contributed by atoms with Crippen LogP contribution >= 0.6 is 34.5 Å². The zero-order chi connectivity index (χ0) is 15.2. The highest BCUT2D eigenvalue weighted by Gasteiger charge is 2.12. The van der Waals surface area contributed by atoms with E-state index in [0.717, 1.165) is 0 Å². The van der Waals surface area contributed by atoms with Gasteiger partial charge < -0.3 is 15.2 Å². The number of hydrogen-bond acceptors (Lipinski definition) is 5. The molecule has 1 atom stereocenters. The van der Waals surface area contributed by atoms with Crippen LogP contribution in [0, 0.1) is 0 Å². The predicted octanol–water partition coefficient (Wildman–Crippen LogP) is 2.62. The minimum Gasteiger partial charge on any atom is -0.489 e. The Morgan fingerprint density at radius 2 is 2.29 bits per heavy atom. The van der Waals surface area contributed by atoms with Gasteiger partial charge in [-0.25, -0.2) is 4.98 Å². The van der Waals surface area contributed by atoms with E-state index in [9.17, 15) is 9.90 Å². The largest absolute Gasteiger partial charge is 0.489 e. The lowest BCUT2D eigenvalue weighted by Gasteiger charge is -2.14. The number of amides is 1. The fraction of sp³-hybridized carbons (Fsp3) is 0.231. The summed E-state index contributed by atoms with van der Waals surface area (Å²) in [6.45, 7) is 0.0337. The summed E-state index contributed by atoms with van der Waals surface area (Å²) in [7, 11) is 0. The molecular weight excluding hydrogens is 335 g/mol. The van der Waals surface area contributed by atoms with Crippen molar-refractivity contribution in [3.8, 4) is 5.75 Å². The fourth-order valence-corrected chi connectivity index (χ4v) is 2.34. The van der Waals surface area contributed by atoms with Gasteiger partial charge in [-0.3, -0.25) is 4.79 Å². The van der Waals surface area contributed by atoms with Gasteiger partial charge in [0.15, 0.2) is 0 Å². The van der Waals surface area contributed by atoms with Gasteiger partial charge in [-0.1, -0.05) is 29.3 Å². The summed E-state index contributed by atoms with van der Waals surface area (Å²) in [5.74, 6) is 0.0464. The average molecular weight is 347 g/mol. The highest BCUT2D eigenvalue weighted by Crippen LogP contribution is 2.31. The molecule has 0 aliphatic heterocycles. The maximum Gasteiger partial charge on any atom is 0.270 e. The number of aliphatic hydroxyl groups is 1. The van der Waals surface area contributed by atoms with Crippen LogP contribution in [-0.4, -0.2) is 35.3 Å². The highest BCUT2D eigenvalue weighted by atomic mass is 35.5. The van der Waals surface area contributed by atoms with Crippen LogP contribution in [0.3, 0.4) is 0 Å². The van der Waals surface area contributed by atoms with Crippen molar-refractivity contribution in [2.24, 2.45) is 0 Å². The maximum atomic E-state index is 11.6. The standard InChI is InChI=1S/C13H12Cl2N2O3S/c14-9-2-1-3-11(12(9)15)20-5-8(18)4-16-13(19)10-6-21-7-17-10/h1-3,6-8,18H,4-5H2,(H,16,19). The fourth-order valence-electron chi connectivity index (χ4n) is 1.47. The van der Waals surface area contributed by atoms with Crippen molar-refractivity contribution in [3.05, 3.63) is 44.8 Å². The van der Waals surface area contributed by atoms with E-state index in [0.29, 0.717) is 16.5 Å². The molecule has 2 N–H and O–H groups in total. The summed E-state index contributed by atoms with van der Waals surface area (Å²) in [5, 5.41) is 14.6. The summed E-state index contributed by atoms with van der Waals surface area (Å²) < 4.78 is 5.37. The molecule has 21 heavy (non-hydrogen) atoms. The second-order valence-corrected chi connectivity index (χ2v) is 5.60. The summed E-state index contributed by atoms with van der Waals surface area (Å²) in [5.41, 5.74) is 1.89. The van der Waals surface area contributed by atoms with Gasteiger partial charge >= 0.3 is 0 Å². The Morgan fingerprint density at radius 1 is 1.48 bits per heavy atom. The molecule has 2 rings (SSSR count). The third kappa shape index (κ3) is 4.57. The molecule has 8 heteroatoms. The number of aromatic nitrogens is 1. The molecule has 5 nitrogen and oxygen atoms in total. The van der Waals surface area contributed by atoms with E-state index < -0.39 is 6.10 Å². The SMILES string of the molecule is O=C(NCC(O)COc1cccc(Cl)c1Cl)c1cscn1. The minimum absolute atomic E-state index is 0.0165. The molecule has 1 aromatic heterocycles. The lowest BCUT2D eigenvalue weighted by molar-refractivity contribution is 0.0840. The first kappa shape index (κ1) is 16.0. The molecule has 2 aromatic rings. The van der Waals surface area contributed by atoms with Crippen LogP contribution in [0.5, 0.6) is 5.75 Å². The van der Waals surface area contributed by atoms with E-state index in [2.05, 4.69) is 10.3 Å². The van der Waals surface area contributed by atoms with E-state index in [4.69, 9.17) is 27.9 Å². The van der Waals surface area contributed by atoms with Gasteiger partial charge in [0.05, 0.1) is 10.5 Å². The Labute approximate surface area is 135 Å². The van der Waals surface area contributed by atoms with Crippen LogP contribution in [0.25, 0.3) is 0 Å². The third-order valence-corrected chi connectivity index (χ3v) is 3.90. The summed E-state index contributed by atoms with van der Waals surface area (Å²) in [6.07, 6.45) is -0.873. The van der Waals surface area contributed by atoms with Crippen LogP contribution in [0.2, 0.25) is 10.0 Å². The first-order valence-electron chi connectivity index (χ1n) is 5.99. The van der Waals surface area contributed by atoms with Gasteiger partial charge in [-0.15, -0.1) is 11.3 Å². The number of nitrogens with one attached hydrogen (secondary N) is 1. The van der Waals surface area contributed by atoms with E-state index in [-0.39, 0.29) is 24.1 Å². The van der Waals surface area contributed by atoms with Crippen LogP contribution in [0.4, 0.5) is 0 Å². The van der Waals surface area contributed by atoms with Gasteiger partial charge in [0.25, 0.3) is 5.91 Å². The first-order valence-corrected chi connectivity index (χ1v) is 7.69. The lowest BCUT2D eigenvalue weighted by Crippen LogP contribution is -2.35. The zero-order valence-electron chi connectivity index (χ0n) is 10.8. The minimum atomic E-state index is -0.873. The molecule has 0 fully saturated rings. The van der Waals surface area contributed by atoms with Gasteiger partial charge in [0.1, 0.15) is 29.2 Å². The third-order valence-electron chi connectivity index (χ3n) is 2.51. The Balaban J connectivity index is 1.78. The zero-order valence-corrected chi connectivity index (χ0v) is 13.1. The molecule has 0 bridgehead atoms. The predicted molar refractivity (Wildman–Crippen MR) is 82.4 cm³/mol. The number of ether oxygens (including phenoxy) is 1. The Hall–Kier alpha value is -1.34. The number of carbonyl (C=O) groups is 1. The van der Waals surface area contributed by atoms with E-state index in [1.54, 1.807) is 29.1 Å². The number of nitrogens with zero attached hydrogens (tertiary/aromatic N) is 1. The molecular formula is C13H12Cl2N2O3S. The number of carbonyl (C=O) groups excluding carboxylic acids is 1. The molecule has 0 saturated heterocycles. The van der Waals surface area contributed by atoms with Crippen molar-refractivity contribution >= 4 is 40.4 Å². The van der Waals surface area contributed by atoms with Crippen molar-refractivity contribution < 1.29 is 14.6 Å². The molecule has 1 unspecified atom stereocenters. The van der Waals surface area contributed by atoms with Crippen LogP contribution < -0.4 is 10.1 Å². The Bertz CT molecular complexity index is 607. The van der Waals surface area contributed by atoms with Crippen LogP contribution in [0.15, 0.2) is 29.1 Å². The van der Waals surface area contributed by atoms with Crippen molar-refractivity contribution in [1.82, 2.24) is 10.3 Å². The van der Waals surface area contributed by atoms with Crippen molar-refractivity contribution in [2.75, 3.05) is 13.2 Å². The van der Waals surface area contributed by atoms with Crippen LogP contribution in [0.1, 0.15) is 10.5 Å². The molecule has 112 valence electrons. The van der Waals surface area contributed by atoms with Crippen LogP contribution in [-0.2, 0) is 0 Å². The smallest absolute Gasteiger partial charge is 0.270 e. The number of benzene rings is 1. The highest BCUT2D eigenvalue weighted by molar-refractivity contribution is 7.07. The first-order chi connectivity index (χ1) is 10.1. The molecule has 0 radical (unpaired) electrons. The molecule has 0 spiro atoms. The lowest BCUT2D eigenvalue weighted by atomic mass is 10.3. The van der Waals surface area contributed by atoms with E-state index in [1.165, 1.54) is 11.3 Å². The summed E-state index contributed by atoms with van der Waals surface area (Å²) in [6, 6.07) is 4.98. The number of thiazole rings is 1. The molecule has 1 heterocycles. The number of halogens is 2. The monoisotopic (exact) mass is 346 g/mol. The molecule has 1 aromatic carbocycles. The van der Waals surface area contributed by atoms with E-state index in [1.807, 2.05) is 0 Å². The average Bonchev–Trinajstić information content (AvgIpc) is 3.00. The second-order valence-electron chi connectivity index (χ2n) is 4.10. The number of rotatable bonds is 6. The number of hydrogen-bond donors (Lipinski definition) is 2. The van der Waals surface area contributed by atoms with Gasteiger partial charge in [0.2, 0.25) is 0 Å². The molecule has 0 aliphatic rings. The second kappa shape index (κ2) is 7.61. The van der Waals surface area contributed by atoms with E-state index >= 15 is 0 Å². The summed E-state index contributed by atoms with van der Waals surface area (Å²) >= 11 is 13.1. The van der Waals surface area contributed by atoms with Crippen molar-refractivity contribution in [1.29, 1.82) is 0 Å². The topological polar surface area (TPSA) is 71.5 Å². The van der Waals surface area contributed by atoms with Crippen molar-refractivity contribution in [3.63, 3.8) is 0 Å². The molecule has 0 aliphatic carbocycles. The quantitative estimate of drug-likeness (QED) is 0.843. The van der Waals surface area contributed by atoms with Gasteiger partial charge in [-0.2, -0.15) is 0 Å². The summed E-state index contributed by atoms with van der Waals surface area (Å²) in [4.78, 5) is 15.5. The number of aliphatic hydroxyl groups excluding tert-OH is 1. The van der Waals surface area contributed by atoms with Gasteiger partial charge in [0, 0.05) is 11.9 Å². The van der Waals surface area contributed by atoms with Crippen molar-refractivity contribution in [2.45, 2.75) is 6.10 Å². The molecule has 1 amide bonds.